The summed E-state index contributed by atoms with van der Waals surface area (Å²) in [6, 6.07) is -0.650. The highest BCUT2D eigenvalue weighted by molar-refractivity contribution is 5.76. The first-order valence-electron chi connectivity index (χ1n) is 18.2. The van der Waals surface area contributed by atoms with Gasteiger partial charge in [0.1, 0.15) is 0 Å². The molecule has 0 aromatic rings. The molecule has 0 aromatic heterocycles. The standard InChI is InChI=1S/C38H71NO3/c1-3-5-7-9-11-13-14-15-16-17-18-19-20-21-22-23-24-26-27-29-31-33-37(41)36(35-40)39-38(42)34-32-30-28-25-12-10-8-6-4-2/h24-26,28,31,33,36-37,40-41H,3-23,27,29-30,32,34-35H2,1-2H3,(H,39,42)/b26-24+,28-25-,33-31+. The van der Waals surface area contributed by atoms with E-state index in [1.807, 2.05) is 6.08 Å². The summed E-state index contributed by atoms with van der Waals surface area (Å²) in [4.78, 5) is 12.2. The van der Waals surface area contributed by atoms with Gasteiger partial charge in [0.15, 0.2) is 0 Å². The highest BCUT2D eigenvalue weighted by Crippen LogP contribution is 2.14. The molecule has 0 aliphatic heterocycles. The van der Waals surface area contributed by atoms with Crippen molar-refractivity contribution in [1.29, 1.82) is 0 Å². The monoisotopic (exact) mass is 590 g/mol. The third-order valence-electron chi connectivity index (χ3n) is 8.10. The van der Waals surface area contributed by atoms with Gasteiger partial charge in [0, 0.05) is 6.42 Å². The molecule has 0 aromatic carbocycles. The molecular weight excluding hydrogens is 518 g/mol. The fourth-order valence-corrected chi connectivity index (χ4v) is 5.25. The second kappa shape index (κ2) is 34.1. The number of rotatable bonds is 32. The Labute approximate surface area is 261 Å². The first-order chi connectivity index (χ1) is 20.7. The molecule has 0 rings (SSSR count). The van der Waals surface area contributed by atoms with Crippen LogP contribution in [0.25, 0.3) is 0 Å². The average Bonchev–Trinajstić information content (AvgIpc) is 2.99. The third-order valence-corrected chi connectivity index (χ3v) is 8.10. The number of aliphatic hydroxyl groups is 2. The van der Waals surface area contributed by atoms with E-state index in [1.54, 1.807) is 6.08 Å². The van der Waals surface area contributed by atoms with Crippen LogP contribution in [0.4, 0.5) is 0 Å². The number of amides is 1. The molecule has 3 N–H and O–H groups in total. The molecule has 0 fully saturated rings. The molecule has 4 heteroatoms. The van der Waals surface area contributed by atoms with E-state index >= 15 is 0 Å². The number of nitrogens with one attached hydrogen (secondary N) is 1. The van der Waals surface area contributed by atoms with Gasteiger partial charge in [0.25, 0.3) is 0 Å². The van der Waals surface area contributed by atoms with Crippen LogP contribution in [-0.4, -0.2) is 34.9 Å². The first-order valence-corrected chi connectivity index (χ1v) is 18.2. The minimum Gasteiger partial charge on any atom is -0.394 e. The number of unbranched alkanes of at least 4 members (excludes halogenated alkanes) is 21. The van der Waals surface area contributed by atoms with Crippen molar-refractivity contribution in [2.24, 2.45) is 0 Å². The van der Waals surface area contributed by atoms with Crippen molar-refractivity contribution in [3.8, 4) is 0 Å². The van der Waals surface area contributed by atoms with Gasteiger partial charge in [-0.05, 0) is 51.4 Å². The molecule has 1 amide bonds. The summed E-state index contributed by atoms with van der Waals surface area (Å²) in [6.07, 6.45) is 43.9. The van der Waals surface area contributed by atoms with Gasteiger partial charge in [-0.15, -0.1) is 0 Å². The van der Waals surface area contributed by atoms with Gasteiger partial charge >= 0.3 is 0 Å². The Hall–Kier alpha value is -1.39. The topological polar surface area (TPSA) is 69.6 Å². The highest BCUT2D eigenvalue weighted by atomic mass is 16.3. The molecule has 0 radical (unpaired) electrons. The summed E-state index contributed by atoms with van der Waals surface area (Å²) in [5.74, 6) is -0.111. The molecule has 2 unspecified atom stereocenters. The molecule has 0 aliphatic carbocycles. The van der Waals surface area contributed by atoms with E-state index in [1.165, 1.54) is 122 Å². The number of carbonyl (C=O) groups excluding carboxylic acids is 1. The zero-order valence-corrected chi connectivity index (χ0v) is 28.0. The predicted octanol–water partition coefficient (Wildman–Crippen LogP) is 10.7. The normalized spacial score (nSPS) is 13.5. The van der Waals surface area contributed by atoms with Crippen LogP contribution >= 0.6 is 0 Å². The third kappa shape index (κ3) is 30.1. The Morgan fingerprint density at radius 1 is 0.548 bits per heavy atom. The van der Waals surface area contributed by atoms with Gasteiger partial charge in [-0.1, -0.05) is 159 Å². The minimum absolute atomic E-state index is 0.111. The number of aliphatic hydroxyl groups excluding tert-OH is 2. The SMILES string of the molecule is CCCCCC/C=C\CCCC(=O)NC(CO)C(O)/C=C/CC/C=C/CCCCCCCCCCCCCCCCC. The van der Waals surface area contributed by atoms with Crippen molar-refractivity contribution in [3.05, 3.63) is 36.5 Å². The van der Waals surface area contributed by atoms with E-state index in [0.29, 0.717) is 6.42 Å². The van der Waals surface area contributed by atoms with Crippen LogP contribution in [0.3, 0.4) is 0 Å². The number of hydrogen-bond acceptors (Lipinski definition) is 3. The largest absolute Gasteiger partial charge is 0.394 e. The number of hydrogen-bond donors (Lipinski definition) is 3. The van der Waals surface area contributed by atoms with Crippen LogP contribution in [0.5, 0.6) is 0 Å². The van der Waals surface area contributed by atoms with Gasteiger partial charge in [-0.25, -0.2) is 0 Å². The van der Waals surface area contributed by atoms with Gasteiger partial charge in [0.2, 0.25) is 5.91 Å². The van der Waals surface area contributed by atoms with Crippen LogP contribution in [0.1, 0.15) is 181 Å². The van der Waals surface area contributed by atoms with E-state index in [4.69, 9.17) is 0 Å². The van der Waals surface area contributed by atoms with Gasteiger partial charge < -0.3 is 15.5 Å². The summed E-state index contributed by atoms with van der Waals surface area (Å²) in [5, 5.41) is 22.7. The van der Waals surface area contributed by atoms with Crippen molar-refractivity contribution in [2.75, 3.05) is 6.61 Å². The molecule has 0 saturated heterocycles. The van der Waals surface area contributed by atoms with E-state index in [0.717, 1.165) is 38.5 Å². The second-order valence-corrected chi connectivity index (χ2v) is 12.3. The Kier molecular flexibility index (Phi) is 33.0. The van der Waals surface area contributed by atoms with Crippen LogP contribution in [0, 0.1) is 0 Å². The summed E-state index contributed by atoms with van der Waals surface area (Å²) in [5.41, 5.74) is 0. The Balaban J connectivity index is 3.64. The molecule has 0 saturated carbocycles. The smallest absolute Gasteiger partial charge is 0.220 e. The van der Waals surface area contributed by atoms with Crippen LogP contribution in [0.15, 0.2) is 36.5 Å². The predicted molar refractivity (Wildman–Crippen MR) is 184 cm³/mol. The average molecular weight is 590 g/mol. The summed E-state index contributed by atoms with van der Waals surface area (Å²) in [6.45, 7) is 4.24. The first kappa shape index (κ1) is 40.6. The van der Waals surface area contributed by atoms with Gasteiger partial charge in [-0.3, -0.25) is 4.79 Å². The Bertz CT molecular complexity index is 642. The molecule has 0 aliphatic rings. The van der Waals surface area contributed by atoms with Crippen LogP contribution in [-0.2, 0) is 4.79 Å². The van der Waals surface area contributed by atoms with Gasteiger partial charge in [-0.2, -0.15) is 0 Å². The molecule has 4 nitrogen and oxygen atoms in total. The fourth-order valence-electron chi connectivity index (χ4n) is 5.25. The van der Waals surface area contributed by atoms with Crippen LogP contribution < -0.4 is 5.32 Å². The molecule has 0 spiro atoms. The molecule has 42 heavy (non-hydrogen) atoms. The van der Waals surface area contributed by atoms with Crippen molar-refractivity contribution in [1.82, 2.24) is 5.32 Å². The van der Waals surface area contributed by atoms with Crippen LogP contribution in [0.2, 0.25) is 0 Å². The molecule has 0 bridgehead atoms. The molecule has 246 valence electrons. The number of allylic oxidation sites excluding steroid dienone is 5. The van der Waals surface area contributed by atoms with Crippen molar-refractivity contribution < 1.29 is 15.0 Å². The minimum atomic E-state index is -0.869. The van der Waals surface area contributed by atoms with Gasteiger partial charge in [0.05, 0.1) is 18.8 Å². The summed E-state index contributed by atoms with van der Waals surface area (Å²) >= 11 is 0. The van der Waals surface area contributed by atoms with Crippen molar-refractivity contribution >= 4 is 5.91 Å². The zero-order valence-electron chi connectivity index (χ0n) is 28.0. The van der Waals surface area contributed by atoms with Crippen molar-refractivity contribution in [3.63, 3.8) is 0 Å². The fraction of sp³-hybridized carbons (Fsp3) is 0.816. The quantitative estimate of drug-likeness (QED) is 0.0540. The van der Waals surface area contributed by atoms with E-state index in [-0.39, 0.29) is 12.5 Å². The molecular formula is C38H71NO3. The Morgan fingerprint density at radius 3 is 1.40 bits per heavy atom. The van der Waals surface area contributed by atoms with E-state index in [2.05, 4.69) is 43.5 Å². The molecule has 0 heterocycles. The van der Waals surface area contributed by atoms with Crippen molar-refractivity contribution in [2.45, 2.75) is 193 Å². The maximum absolute atomic E-state index is 12.2. The lowest BCUT2D eigenvalue weighted by Crippen LogP contribution is -2.45. The second-order valence-electron chi connectivity index (χ2n) is 12.3. The maximum Gasteiger partial charge on any atom is 0.220 e. The molecule has 2 atom stereocenters. The highest BCUT2D eigenvalue weighted by Gasteiger charge is 2.17. The van der Waals surface area contributed by atoms with E-state index < -0.39 is 12.1 Å². The lowest BCUT2D eigenvalue weighted by Gasteiger charge is -2.19. The Morgan fingerprint density at radius 2 is 0.929 bits per heavy atom. The lowest BCUT2D eigenvalue weighted by molar-refractivity contribution is -0.122. The number of carbonyl (C=O) groups is 1. The lowest BCUT2D eigenvalue weighted by atomic mass is 10.0. The zero-order chi connectivity index (χ0) is 30.8. The maximum atomic E-state index is 12.2. The van der Waals surface area contributed by atoms with E-state index in [9.17, 15) is 15.0 Å². The summed E-state index contributed by atoms with van der Waals surface area (Å²) < 4.78 is 0. The summed E-state index contributed by atoms with van der Waals surface area (Å²) in [7, 11) is 0.